The monoisotopic (exact) mass is 336 g/mol. The fraction of sp³-hybridized carbons (Fsp3) is 0.263. The molecule has 0 amide bonds. The van der Waals surface area contributed by atoms with Crippen LogP contribution in [0.3, 0.4) is 0 Å². The fourth-order valence-corrected chi connectivity index (χ4v) is 2.68. The first-order chi connectivity index (χ1) is 12.1. The highest BCUT2D eigenvalue weighted by Gasteiger charge is 2.20. The van der Waals surface area contributed by atoms with E-state index in [1.54, 1.807) is 4.90 Å². The third-order valence-electron chi connectivity index (χ3n) is 4.15. The van der Waals surface area contributed by atoms with Crippen LogP contribution in [0.25, 0.3) is 0 Å². The Morgan fingerprint density at radius 3 is 2.32 bits per heavy atom. The van der Waals surface area contributed by atoms with Crippen molar-refractivity contribution >= 4 is 5.95 Å². The van der Waals surface area contributed by atoms with Crippen molar-refractivity contribution in [3.8, 4) is 0 Å². The number of aromatic nitrogens is 2. The van der Waals surface area contributed by atoms with Crippen molar-refractivity contribution in [2.24, 2.45) is 5.18 Å². The quantitative estimate of drug-likeness (QED) is 0.633. The van der Waals surface area contributed by atoms with Crippen molar-refractivity contribution in [3.05, 3.63) is 82.1 Å². The number of rotatable bonds is 6. The summed E-state index contributed by atoms with van der Waals surface area (Å²) >= 11 is 0. The van der Waals surface area contributed by atoms with Gasteiger partial charge in [0.1, 0.15) is 6.04 Å². The molecule has 25 heavy (non-hydrogen) atoms. The molecule has 2 atom stereocenters. The molecule has 3 aromatic rings. The SMILES string of the molecule is CC(c1cccc(C(N=O)c2ccccc2)c1)c1nc(N(C)C)no1. The molecular formula is C19H20N4O2. The first-order valence-electron chi connectivity index (χ1n) is 8.08. The van der Waals surface area contributed by atoms with Crippen molar-refractivity contribution in [1.82, 2.24) is 10.1 Å². The highest BCUT2D eigenvalue weighted by molar-refractivity contribution is 5.37. The summed E-state index contributed by atoms with van der Waals surface area (Å²) in [6, 6.07) is 16.8. The van der Waals surface area contributed by atoms with Crippen LogP contribution in [0.2, 0.25) is 0 Å². The van der Waals surface area contributed by atoms with Gasteiger partial charge in [-0.25, -0.2) is 0 Å². The normalized spacial score (nSPS) is 13.2. The molecule has 2 unspecified atom stereocenters. The summed E-state index contributed by atoms with van der Waals surface area (Å²) in [5.74, 6) is 0.995. The molecule has 0 aliphatic rings. The van der Waals surface area contributed by atoms with Gasteiger partial charge < -0.3 is 9.42 Å². The summed E-state index contributed by atoms with van der Waals surface area (Å²) in [4.78, 5) is 17.6. The van der Waals surface area contributed by atoms with Crippen LogP contribution in [-0.4, -0.2) is 24.2 Å². The third kappa shape index (κ3) is 3.57. The van der Waals surface area contributed by atoms with Crippen molar-refractivity contribution in [2.45, 2.75) is 18.9 Å². The minimum absolute atomic E-state index is 0.0794. The van der Waals surface area contributed by atoms with E-state index >= 15 is 0 Å². The molecule has 3 rings (SSSR count). The summed E-state index contributed by atoms with van der Waals surface area (Å²) in [6.07, 6.45) is 0. The fourth-order valence-electron chi connectivity index (χ4n) is 2.68. The van der Waals surface area contributed by atoms with E-state index in [1.165, 1.54) is 0 Å². The van der Waals surface area contributed by atoms with Gasteiger partial charge in [0.25, 0.3) is 5.95 Å². The lowest BCUT2D eigenvalue weighted by Crippen LogP contribution is -2.10. The highest BCUT2D eigenvalue weighted by atomic mass is 16.5. The minimum Gasteiger partial charge on any atom is -0.344 e. The molecule has 0 N–H and O–H groups in total. The predicted molar refractivity (Wildman–Crippen MR) is 96.7 cm³/mol. The maximum atomic E-state index is 11.4. The number of nitrogens with zero attached hydrogens (tertiary/aromatic N) is 4. The second-order valence-electron chi connectivity index (χ2n) is 6.14. The van der Waals surface area contributed by atoms with E-state index in [9.17, 15) is 4.91 Å². The van der Waals surface area contributed by atoms with E-state index in [1.807, 2.05) is 75.6 Å². The molecule has 0 saturated carbocycles. The second-order valence-corrected chi connectivity index (χ2v) is 6.14. The zero-order chi connectivity index (χ0) is 17.8. The number of nitroso groups, excluding NO2 is 1. The Balaban J connectivity index is 1.91. The Labute approximate surface area is 146 Å². The zero-order valence-corrected chi connectivity index (χ0v) is 14.5. The smallest absolute Gasteiger partial charge is 0.265 e. The Morgan fingerprint density at radius 2 is 1.68 bits per heavy atom. The predicted octanol–water partition coefficient (Wildman–Crippen LogP) is 4.14. The molecule has 6 heteroatoms. The highest BCUT2D eigenvalue weighted by Crippen LogP contribution is 2.30. The van der Waals surface area contributed by atoms with Crippen LogP contribution < -0.4 is 4.90 Å². The summed E-state index contributed by atoms with van der Waals surface area (Å²) < 4.78 is 5.37. The number of benzene rings is 2. The van der Waals surface area contributed by atoms with E-state index in [2.05, 4.69) is 15.3 Å². The largest absolute Gasteiger partial charge is 0.344 e. The van der Waals surface area contributed by atoms with Crippen LogP contribution in [0.15, 0.2) is 64.3 Å². The molecule has 1 aromatic heterocycles. The van der Waals surface area contributed by atoms with Crippen LogP contribution >= 0.6 is 0 Å². The molecule has 0 fully saturated rings. The van der Waals surface area contributed by atoms with Crippen molar-refractivity contribution < 1.29 is 4.52 Å². The van der Waals surface area contributed by atoms with E-state index < -0.39 is 6.04 Å². The summed E-state index contributed by atoms with van der Waals surface area (Å²) in [6.45, 7) is 2.00. The molecule has 2 aromatic carbocycles. The van der Waals surface area contributed by atoms with Crippen LogP contribution in [0.5, 0.6) is 0 Å². The number of hydrogen-bond acceptors (Lipinski definition) is 6. The van der Waals surface area contributed by atoms with Gasteiger partial charge in [0.05, 0.1) is 5.92 Å². The average molecular weight is 336 g/mol. The van der Waals surface area contributed by atoms with Gasteiger partial charge in [0, 0.05) is 14.1 Å². The molecule has 0 saturated heterocycles. The Bertz CT molecular complexity index is 845. The van der Waals surface area contributed by atoms with Gasteiger partial charge in [-0.05, 0) is 28.8 Å². The lowest BCUT2D eigenvalue weighted by Gasteiger charge is -2.13. The number of hydrogen-bond donors (Lipinski definition) is 0. The summed E-state index contributed by atoms with van der Waals surface area (Å²) in [5.41, 5.74) is 2.71. The molecule has 0 aliphatic heterocycles. The standard InChI is InChI=1S/C19H20N4O2/c1-13(18-20-19(22-25-18)23(2)3)15-10-7-11-16(12-15)17(21-24)14-8-5-4-6-9-14/h4-13,17H,1-3H3. The van der Waals surface area contributed by atoms with E-state index in [-0.39, 0.29) is 5.92 Å². The van der Waals surface area contributed by atoms with E-state index in [0.29, 0.717) is 11.8 Å². The Morgan fingerprint density at radius 1 is 1.00 bits per heavy atom. The minimum atomic E-state index is -0.534. The molecule has 0 radical (unpaired) electrons. The van der Waals surface area contributed by atoms with Crippen LogP contribution in [0.1, 0.15) is 41.5 Å². The van der Waals surface area contributed by atoms with Gasteiger partial charge in [-0.1, -0.05) is 59.8 Å². The molecule has 1 heterocycles. The molecule has 0 bridgehead atoms. The lowest BCUT2D eigenvalue weighted by atomic mass is 9.94. The van der Waals surface area contributed by atoms with Gasteiger partial charge in [-0.3, -0.25) is 0 Å². The van der Waals surface area contributed by atoms with Gasteiger partial charge >= 0.3 is 0 Å². The Kier molecular flexibility index (Phi) is 4.88. The maximum Gasteiger partial charge on any atom is 0.265 e. The lowest BCUT2D eigenvalue weighted by molar-refractivity contribution is 0.370. The molecule has 0 aliphatic carbocycles. The van der Waals surface area contributed by atoms with Gasteiger partial charge in [-0.15, -0.1) is 4.91 Å². The second kappa shape index (κ2) is 7.25. The van der Waals surface area contributed by atoms with Crippen molar-refractivity contribution in [3.63, 3.8) is 0 Å². The molecular weight excluding hydrogens is 316 g/mol. The van der Waals surface area contributed by atoms with Crippen LogP contribution in [0.4, 0.5) is 5.95 Å². The zero-order valence-electron chi connectivity index (χ0n) is 14.5. The Hall–Kier alpha value is -3.02. The van der Waals surface area contributed by atoms with Gasteiger partial charge in [0.2, 0.25) is 5.89 Å². The summed E-state index contributed by atoms with van der Waals surface area (Å²) in [7, 11) is 3.72. The molecule has 6 nitrogen and oxygen atoms in total. The number of anilines is 1. The molecule has 128 valence electrons. The van der Waals surface area contributed by atoms with Gasteiger partial charge in [-0.2, -0.15) is 4.98 Å². The van der Waals surface area contributed by atoms with Crippen LogP contribution in [-0.2, 0) is 0 Å². The van der Waals surface area contributed by atoms with Gasteiger partial charge in [0.15, 0.2) is 0 Å². The van der Waals surface area contributed by atoms with Crippen molar-refractivity contribution in [2.75, 3.05) is 19.0 Å². The third-order valence-corrected chi connectivity index (χ3v) is 4.15. The first kappa shape index (κ1) is 16.8. The first-order valence-corrected chi connectivity index (χ1v) is 8.08. The maximum absolute atomic E-state index is 11.4. The van der Waals surface area contributed by atoms with Crippen molar-refractivity contribution in [1.29, 1.82) is 0 Å². The summed E-state index contributed by atoms with van der Waals surface area (Å²) in [5, 5.41) is 7.28. The topological polar surface area (TPSA) is 71.6 Å². The van der Waals surface area contributed by atoms with E-state index in [0.717, 1.165) is 16.7 Å². The average Bonchev–Trinajstić information content (AvgIpc) is 3.13. The van der Waals surface area contributed by atoms with Crippen LogP contribution in [0, 0.1) is 4.91 Å². The molecule has 0 spiro atoms. The van der Waals surface area contributed by atoms with E-state index in [4.69, 9.17) is 4.52 Å².